The van der Waals surface area contributed by atoms with Gasteiger partial charge >= 0.3 is 11.9 Å². The van der Waals surface area contributed by atoms with Crippen molar-refractivity contribution in [1.29, 1.82) is 0 Å². The van der Waals surface area contributed by atoms with Crippen LogP contribution in [0.15, 0.2) is 0 Å². The Bertz CT molecular complexity index is 1320. The molecule has 0 aliphatic carbocycles. The second-order valence-electron chi connectivity index (χ2n) is 11.4. The highest BCUT2D eigenvalue weighted by Gasteiger charge is 2.34. The molecule has 0 saturated carbocycles. The molecule has 0 saturated heterocycles. The van der Waals surface area contributed by atoms with Gasteiger partial charge in [0.15, 0.2) is 0 Å². The molecule has 8 amide bonds. The van der Waals surface area contributed by atoms with Gasteiger partial charge in [-0.2, -0.15) is 0 Å². The number of aliphatic carboxylic acids is 2. The summed E-state index contributed by atoms with van der Waals surface area (Å²) in [6.07, 6.45) is -2.07. The largest absolute Gasteiger partial charge is 0.481 e. The lowest BCUT2D eigenvalue weighted by Crippen LogP contribution is -2.60. The van der Waals surface area contributed by atoms with Crippen molar-refractivity contribution >= 4 is 59.2 Å². The molecule has 294 valence electrons. The van der Waals surface area contributed by atoms with Gasteiger partial charge < -0.3 is 75.3 Å². The first-order chi connectivity index (χ1) is 24.3. The van der Waals surface area contributed by atoms with Crippen molar-refractivity contribution in [2.75, 3.05) is 19.8 Å². The van der Waals surface area contributed by atoms with E-state index in [0.29, 0.717) is 12.8 Å². The lowest BCUT2D eigenvalue weighted by Gasteiger charge is -2.25. The molecule has 0 heterocycles. The second-order valence-corrected chi connectivity index (χ2v) is 11.4. The summed E-state index contributed by atoms with van der Waals surface area (Å²) in [5.74, 6) is -11.8. The Balaban J connectivity index is 5.81. The van der Waals surface area contributed by atoms with Gasteiger partial charge in [0.1, 0.15) is 42.3 Å². The number of carbonyl (C=O) groups is 10. The minimum atomic E-state index is -1.88. The monoisotopic (exact) mass is 748 g/mol. The Kier molecular flexibility index (Phi) is 21.4. The first-order valence-electron chi connectivity index (χ1n) is 15.8. The molecule has 0 bridgehead atoms. The van der Waals surface area contributed by atoms with Crippen LogP contribution in [-0.4, -0.2) is 142 Å². The Labute approximate surface area is 296 Å². The number of nitrogens with one attached hydrogen (secondary N) is 6. The zero-order chi connectivity index (χ0) is 40.1. The molecular formula is C28H48N10O14. The summed E-state index contributed by atoms with van der Waals surface area (Å²) in [5.41, 5.74) is 21.2. The smallest absolute Gasteiger partial charge is 0.326 e. The fraction of sp³-hybridized carbons (Fsp3) is 0.643. The van der Waals surface area contributed by atoms with Gasteiger partial charge in [0, 0.05) is 6.42 Å². The van der Waals surface area contributed by atoms with E-state index in [1.54, 1.807) is 0 Å². The van der Waals surface area contributed by atoms with Crippen LogP contribution in [0.2, 0.25) is 0 Å². The number of aliphatic hydroxyl groups excluding tert-OH is 2. The maximum absolute atomic E-state index is 13.1. The van der Waals surface area contributed by atoms with Crippen LogP contribution in [0.4, 0.5) is 0 Å². The number of hydrogen-bond acceptors (Lipinski definition) is 14. The maximum Gasteiger partial charge on any atom is 0.326 e. The molecule has 0 aliphatic rings. The molecule has 0 radical (unpaired) electrons. The second kappa shape index (κ2) is 23.9. The molecule has 0 rings (SSSR count). The molecule has 24 heteroatoms. The van der Waals surface area contributed by atoms with Crippen LogP contribution in [-0.2, 0) is 47.9 Å². The molecule has 0 fully saturated rings. The Morgan fingerprint density at radius 3 is 1.42 bits per heavy atom. The molecule has 0 spiro atoms. The number of amides is 8. The van der Waals surface area contributed by atoms with Crippen molar-refractivity contribution in [3.8, 4) is 0 Å². The lowest BCUT2D eigenvalue weighted by atomic mass is 10.1. The van der Waals surface area contributed by atoms with Gasteiger partial charge in [-0.1, -0.05) is 0 Å². The summed E-state index contributed by atoms with van der Waals surface area (Å²) < 4.78 is 0. The summed E-state index contributed by atoms with van der Waals surface area (Å²) in [7, 11) is 0. The van der Waals surface area contributed by atoms with Gasteiger partial charge in [0.2, 0.25) is 47.3 Å². The number of primary amides is 2. The third-order valence-electron chi connectivity index (χ3n) is 7.02. The van der Waals surface area contributed by atoms with Crippen LogP contribution in [0.25, 0.3) is 0 Å². The molecule has 0 aromatic rings. The van der Waals surface area contributed by atoms with Crippen molar-refractivity contribution in [1.82, 2.24) is 31.9 Å². The Morgan fingerprint density at radius 2 is 1.00 bits per heavy atom. The molecule has 0 aliphatic heterocycles. The van der Waals surface area contributed by atoms with Crippen LogP contribution in [0.1, 0.15) is 51.9 Å². The van der Waals surface area contributed by atoms with Gasteiger partial charge in [0.25, 0.3) is 0 Å². The fourth-order valence-electron chi connectivity index (χ4n) is 4.16. The SMILES string of the molecule is C[C@H](NC(=O)[C@H](CCC(=O)O)NC(=O)[C@@H](N)CO)C(=O)N[C@@H](CO)C(=O)N[C@@H](CC(N)=O)C(=O)N[C@@H](CC(N)=O)C(=O)N[C@@H](CCCCN)C(=O)O. The summed E-state index contributed by atoms with van der Waals surface area (Å²) in [6, 6.07) is -11.4. The number of hydrogen-bond donors (Lipinski definition) is 14. The van der Waals surface area contributed by atoms with Crippen molar-refractivity contribution in [3.63, 3.8) is 0 Å². The van der Waals surface area contributed by atoms with E-state index in [4.69, 9.17) is 33.1 Å². The number of nitrogens with two attached hydrogens (primary N) is 4. The average molecular weight is 749 g/mol. The van der Waals surface area contributed by atoms with Crippen LogP contribution in [0, 0.1) is 0 Å². The highest BCUT2D eigenvalue weighted by atomic mass is 16.4. The summed E-state index contributed by atoms with van der Waals surface area (Å²) >= 11 is 0. The summed E-state index contributed by atoms with van der Waals surface area (Å²) in [4.78, 5) is 123. The van der Waals surface area contributed by atoms with E-state index in [2.05, 4.69) is 31.9 Å². The highest BCUT2D eigenvalue weighted by molar-refractivity contribution is 5.99. The first-order valence-corrected chi connectivity index (χ1v) is 15.8. The van der Waals surface area contributed by atoms with Gasteiger partial charge in [0.05, 0.1) is 26.1 Å². The van der Waals surface area contributed by atoms with E-state index in [-0.39, 0.29) is 13.0 Å². The average Bonchev–Trinajstić information content (AvgIpc) is 3.06. The topological polar surface area (TPSA) is 428 Å². The Morgan fingerprint density at radius 1 is 0.558 bits per heavy atom. The minimum Gasteiger partial charge on any atom is -0.481 e. The van der Waals surface area contributed by atoms with Crippen LogP contribution in [0.5, 0.6) is 0 Å². The van der Waals surface area contributed by atoms with Gasteiger partial charge in [-0.25, -0.2) is 4.79 Å². The molecule has 0 aromatic carbocycles. The molecule has 0 unspecified atom stereocenters. The normalized spacial score (nSPS) is 14.8. The standard InChI is InChI=1S/C28H48N10O14/c1-12(33-24(47)14(5-6-21(43)44)34-23(46)13(30)10-39)22(45)38-18(11-40)27(50)37-17(9-20(32)42)26(49)36-16(8-19(31)41)25(48)35-15(28(51)52)4-2-3-7-29/h12-18,39-40H,2-11,29-30H2,1H3,(H2,31,41)(H2,32,42)(H,33,47)(H,34,46)(H,35,48)(H,36,49)(H,37,50)(H,38,45)(H,43,44)(H,51,52)/t12-,13-,14-,15-,16-,17-,18-/m0/s1. The number of carboxylic acids is 2. The molecular weight excluding hydrogens is 700 g/mol. The predicted molar refractivity (Wildman–Crippen MR) is 174 cm³/mol. The van der Waals surface area contributed by atoms with E-state index in [1.807, 2.05) is 0 Å². The van der Waals surface area contributed by atoms with Crippen molar-refractivity contribution in [2.45, 2.75) is 94.2 Å². The molecule has 7 atom stereocenters. The third kappa shape index (κ3) is 18.0. The Hall–Kier alpha value is -5.46. The van der Waals surface area contributed by atoms with Gasteiger partial charge in [-0.3, -0.25) is 43.2 Å². The number of rotatable bonds is 26. The summed E-state index contributed by atoms with van der Waals surface area (Å²) in [5, 5.41) is 50.0. The van der Waals surface area contributed by atoms with Crippen LogP contribution >= 0.6 is 0 Å². The molecule has 24 nitrogen and oxygen atoms in total. The van der Waals surface area contributed by atoms with Crippen LogP contribution < -0.4 is 54.8 Å². The first kappa shape index (κ1) is 46.5. The molecule has 18 N–H and O–H groups in total. The number of unbranched alkanes of at least 4 members (excludes halogenated alkanes) is 1. The number of carbonyl (C=O) groups excluding carboxylic acids is 8. The van der Waals surface area contributed by atoms with Crippen molar-refractivity contribution < 1.29 is 68.4 Å². The third-order valence-corrected chi connectivity index (χ3v) is 7.02. The van der Waals surface area contributed by atoms with Crippen molar-refractivity contribution in [3.05, 3.63) is 0 Å². The van der Waals surface area contributed by atoms with Crippen LogP contribution in [0.3, 0.4) is 0 Å². The van der Waals surface area contributed by atoms with E-state index in [1.165, 1.54) is 0 Å². The van der Waals surface area contributed by atoms with E-state index >= 15 is 0 Å². The van der Waals surface area contributed by atoms with Crippen molar-refractivity contribution in [2.24, 2.45) is 22.9 Å². The van der Waals surface area contributed by atoms with E-state index < -0.39 is 140 Å². The van der Waals surface area contributed by atoms with E-state index in [0.717, 1.165) is 6.92 Å². The maximum atomic E-state index is 13.1. The lowest BCUT2D eigenvalue weighted by molar-refractivity contribution is -0.143. The van der Waals surface area contributed by atoms with Gasteiger partial charge in [-0.15, -0.1) is 0 Å². The molecule has 0 aromatic heterocycles. The fourth-order valence-corrected chi connectivity index (χ4v) is 4.16. The zero-order valence-electron chi connectivity index (χ0n) is 28.3. The predicted octanol–water partition coefficient (Wildman–Crippen LogP) is -7.94. The minimum absolute atomic E-state index is 0.0480. The zero-order valence-corrected chi connectivity index (χ0v) is 28.3. The molecule has 52 heavy (non-hydrogen) atoms. The highest BCUT2D eigenvalue weighted by Crippen LogP contribution is 2.05. The van der Waals surface area contributed by atoms with E-state index in [9.17, 15) is 58.2 Å². The number of aliphatic hydroxyl groups is 2. The summed E-state index contributed by atoms with van der Waals surface area (Å²) in [6.45, 7) is -0.524. The van der Waals surface area contributed by atoms with Gasteiger partial charge in [-0.05, 0) is 39.2 Å². The number of carboxylic acid groups (broad SMARTS) is 2. The quantitative estimate of drug-likeness (QED) is 0.0365.